The molecule has 1 aromatic heterocycles. The molecular weight excluding hydrogens is 362 g/mol. The summed E-state index contributed by atoms with van der Waals surface area (Å²) in [5.41, 5.74) is 3.84. The van der Waals surface area contributed by atoms with Crippen molar-refractivity contribution in [1.29, 1.82) is 0 Å². The molecule has 2 aliphatic rings. The molecule has 1 aliphatic carbocycles. The van der Waals surface area contributed by atoms with Crippen molar-refractivity contribution in [2.24, 2.45) is 10.9 Å². The molecule has 0 fully saturated rings. The normalized spacial score (nSPS) is 23.2. The van der Waals surface area contributed by atoms with E-state index in [-0.39, 0.29) is 6.04 Å². The van der Waals surface area contributed by atoms with Crippen LogP contribution in [0.4, 0.5) is 0 Å². The fraction of sp³-hybridized carbons (Fsp3) is 0.600. The number of rotatable bonds is 8. The summed E-state index contributed by atoms with van der Waals surface area (Å²) in [4.78, 5) is 12.5. The number of fused-ring (bicyclic) bond motifs is 1. The van der Waals surface area contributed by atoms with Gasteiger partial charge in [-0.1, -0.05) is 13.0 Å². The van der Waals surface area contributed by atoms with Gasteiger partial charge in [0.15, 0.2) is 5.16 Å². The molecule has 27 heavy (non-hydrogen) atoms. The molecule has 3 atom stereocenters. The number of ether oxygens (including phenoxy) is 2. The molecule has 0 saturated heterocycles. The molecule has 0 aromatic carbocycles. The van der Waals surface area contributed by atoms with Crippen molar-refractivity contribution in [3.63, 3.8) is 0 Å². The molecule has 0 amide bonds. The molecule has 3 rings (SSSR count). The number of methoxy groups -OCH3 is 1. The Hall–Kier alpha value is -1.73. The minimum absolute atomic E-state index is 0.131. The maximum atomic E-state index is 12.9. The number of aromatic nitrogens is 2. The lowest BCUT2D eigenvalue weighted by Gasteiger charge is -2.23. The van der Waals surface area contributed by atoms with Gasteiger partial charge in [0.2, 0.25) is 0 Å². The second-order valence-corrected chi connectivity index (χ2v) is 8.67. The highest BCUT2D eigenvalue weighted by Gasteiger charge is 2.24. The summed E-state index contributed by atoms with van der Waals surface area (Å²) in [6.07, 6.45) is 6.70. The highest BCUT2D eigenvalue weighted by Crippen LogP contribution is 2.25. The van der Waals surface area contributed by atoms with Crippen molar-refractivity contribution in [1.82, 2.24) is 9.97 Å². The molecule has 0 saturated carbocycles. The number of hydrogen-bond donors (Lipinski definition) is 1. The summed E-state index contributed by atoms with van der Waals surface area (Å²) < 4.78 is 23.9. The summed E-state index contributed by atoms with van der Waals surface area (Å²) in [6.45, 7) is 7.54. The number of aliphatic imine (C=N–C) groups is 1. The summed E-state index contributed by atoms with van der Waals surface area (Å²) >= 11 is 0. The highest BCUT2D eigenvalue weighted by molar-refractivity contribution is 7.85. The van der Waals surface area contributed by atoms with Crippen molar-refractivity contribution in [2.75, 3.05) is 26.1 Å². The van der Waals surface area contributed by atoms with Crippen LogP contribution in [0.2, 0.25) is 0 Å². The number of allylic oxidation sites excluding steroid dienone is 2. The van der Waals surface area contributed by atoms with Crippen LogP contribution in [-0.2, 0) is 26.7 Å². The van der Waals surface area contributed by atoms with Crippen LogP contribution in [0, 0.1) is 5.92 Å². The number of aromatic amines is 1. The van der Waals surface area contributed by atoms with Gasteiger partial charge < -0.3 is 14.5 Å². The largest absolute Gasteiger partial charge is 0.497 e. The van der Waals surface area contributed by atoms with Crippen molar-refractivity contribution in [3.8, 4) is 0 Å². The zero-order valence-corrected chi connectivity index (χ0v) is 17.4. The third-order valence-corrected chi connectivity index (χ3v) is 6.02. The number of imidazole rings is 1. The van der Waals surface area contributed by atoms with Gasteiger partial charge in [0.05, 0.1) is 40.6 Å². The van der Waals surface area contributed by atoms with Crippen LogP contribution in [0.1, 0.15) is 45.0 Å². The third-order valence-electron chi connectivity index (χ3n) is 4.86. The SMILES string of the molecule is COCCCOC1=C(C)C(CS(=O)c2nc3c([nH]2)CC(C)C=C3)=NC(C)C1. The van der Waals surface area contributed by atoms with Crippen LogP contribution in [-0.4, -0.2) is 52.0 Å². The predicted octanol–water partition coefficient (Wildman–Crippen LogP) is 3.28. The second kappa shape index (κ2) is 8.97. The Labute approximate surface area is 163 Å². The lowest BCUT2D eigenvalue weighted by atomic mass is 9.99. The molecule has 7 heteroatoms. The van der Waals surface area contributed by atoms with Gasteiger partial charge in [-0.25, -0.2) is 4.98 Å². The quantitative estimate of drug-likeness (QED) is 0.690. The lowest BCUT2D eigenvalue weighted by molar-refractivity contribution is 0.139. The minimum atomic E-state index is -1.26. The Morgan fingerprint density at radius 3 is 2.89 bits per heavy atom. The minimum Gasteiger partial charge on any atom is -0.497 e. The lowest BCUT2D eigenvalue weighted by Crippen LogP contribution is -2.23. The molecule has 1 aromatic rings. The molecule has 1 aliphatic heterocycles. The van der Waals surface area contributed by atoms with Crippen LogP contribution in [0.3, 0.4) is 0 Å². The highest BCUT2D eigenvalue weighted by atomic mass is 32.2. The number of nitrogens with one attached hydrogen (secondary N) is 1. The van der Waals surface area contributed by atoms with Crippen LogP contribution >= 0.6 is 0 Å². The fourth-order valence-corrected chi connectivity index (χ4v) is 4.45. The summed E-state index contributed by atoms with van der Waals surface area (Å²) in [6, 6.07) is 0.131. The van der Waals surface area contributed by atoms with Gasteiger partial charge in [-0.2, -0.15) is 0 Å². The predicted molar refractivity (Wildman–Crippen MR) is 108 cm³/mol. The summed E-state index contributed by atoms with van der Waals surface area (Å²) in [5.74, 6) is 1.79. The Morgan fingerprint density at radius 2 is 2.11 bits per heavy atom. The Morgan fingerprint density at radius 1 is 1.30 bits per heavy atom. The van der Waals surface area contributed by atoms with Gasteiger partial charge in [-0.15, -0.1) is 0 Å². The van der Waals surface area contributed by atoms with E-state index in [9.17, 15) is 4.21 Å². The van der Waals surface area contributed by atoms with E-state index in [1.165, 1.54) is 0 Å². The fourth-order valence-electron chi connectivity index (χ4n) is 3.34. The molecular formula is C20H29N3O3S. The summed E-state index contributed by atoms with van der Waals surface area (Å²) in [5, 5.41) is 0.537. The number of nitrogens with zero attached hydrogens (tertiary/aromatic N) is 2. The Bertz CT molecular complexity index is 794. The van der Waals surface area contributed by atoms with E-state index in [0.717, 1.165) is 47.7 Å². The van der Waals surface area contributed by atoms with E-state index in [1.54, 1.807) is 7.11 Å². The first-order valence-corrected chi connectivity index (χ1v) is 10.8. The van der Waals surface area contributed by atoms with Gasteiger partial charge >= 0.3 is 0 Å². The second-order valence-electron chi connectivity index (χ2n) is 7.31. The molecule has 148 valence electrons. The maximum absolute atomic E-state index is 12.9. The van der Waals surface area contributed by atoms with Gasteiger partial charge in [-0.3, -0.25) is 9.20 Å². The molecule has 0 radical (unpaired) electrons. The zero-order valence-electron chi connectivity index (χ0n) is 16.6. The topological polar surface area (TPSA) is 76.6 Å². The van der Waals surface area contributed by atoms with Crippen LogP contribution in [0.5, 0.6) is 0 Å². The smallest absolute Gasteiger partial charge is 0.197 e. The Kier molecular flexibility index (Phi) is 6.65. The van der Waals surface area contributed by atoms with E-state index in [1.807, 2.05) is 13.0 Å². The first-order chi connectivity index (χ1) is 13.0. The third kappa shape index (κ3) is 4.96. The van der Waals surface area contributed by atoms with E-state index < -0.39 is 10.8 Å². The maximum Gasteiger partial charge on any atom is 0.197 e. The van der Waals surface area contributed by atoms with Crippen molar-refractivity contribution >= 4 is 22.6 Å². The van der Waals surface area contributed by atoms with Crippen molar-refractivity contribution < 1.29 is 13.7 Å². The average Bonchev–Trinajstić information content (AvgIpc) is 3.05. The molecule has 6 nitrogen and oxygen atoms in total. The molecule has 1 N–H and O–H groups in total. The van der Waals surface area contributed by atoms with E-state index in [0.29, 0.717) is 30.0 Å². The first kappa shape index (κ1) is 20.0. The van der Waals surface area contributed by atoms with Crippen molar-refractivity contribution in [3.05, 3.63) is 28.8 Å². The monoisotopic (exact) mass is 391 g/mol. The molecule has 0 spiro atoms. The standard InChI is InChI=1S/C20H29N3O3S/c1-13-6-7-16-17(10-13)23-20(22-16)27(24)12-18-15(3)19(11-14(2)21-18)26-9-5-8-25-4/h6-7,13-14H,5,8-12H2,1-4H3,(H,22,23). The van der Waals surface area contributed by atoms with E-state index in [4.69, 9.17) is 14.5 Å². The zero-order chi connectivity index (χ0) is 19.4. The Balaban J connectivity index is 1.69. The average molecular weight is 392 g/mol. The van der Waals surface area contributed by atoms with E-state index >= 15 is 0 Å². The van der Waals surface area contributed by atoms with Gasteiger partial charge in [0, 0.05) is 37.8 Å². The molecule has 2 heterocycles. The number of hydrogen-bond acceptors (Lipinski definition) is 5. The van der Waals surface area contributed by atoms with Crippen molar-refractivity contribution in [2.45, 2.75) is 51.2 Å². The number of dihydropyridines is 1. The van der Waals surface area contributed by atoms with Crippen LogP contribution in [0.25, 0.3) is 6.08 Å². The summed E-state index contributed by atoms with van der Waals surface area (Å²) in [7, 11) is 0.433. The van der Waals surface area contributed by atoms with Gasteiger partial charge in [0.25, 0.3) is 0 Å². The molecule has 3 unspecified atom stereocenters. The van der Waals surface area contributed by atoms with E-state index in [2.05, 4.69) is 29.9 Å². The molecule has 0 bridgehead atoms. The van der Waals surface area contributed by atoms with Crippen LogP contribution < -0.4 is 0 Å². The number of H-pyrrole nitrogens is 1. The first-order valence-electron chi connectivity index (χ1n) is 9.52. The van der Waals surface area contributed by atoms with Crippen LogP contribution in [0.15, 0.2) is 27.6 Å². The van der Waals surface area contributed by atoms with Gasteiger partial charge in [0.1, 0.15) is 5.76 Å². The van der Waals surface area contributed by atoms with Gasteiger partial charge in [-0.05, 0) is 32.3 Å².